The molecule has 0 saturated carbocycles. The Bertz CT molecular complexity index is 2080. The Balaban J connectivity index is 1.05. The van der Waals surface area contributed by atoms with Crippen molar-refractivity contribution in [2.24, 2.45) is 0 Å². The van der Waals surface area contributed by atoms with Crippen molar-refractivity contribution in [1.82, 2.24) is 0 Å². The van der Waals surface area contributed by atoms with Gasteiger partial charge in [-0.2, -0.15) is 0 Å². The van der Waals surface area contributed by atoms with Crippen LogP contribution in [0.25, 0.3) is 33.4 Å². The van der Waals surface area contributed by atoms with Crippen LogP contribution in [0.15, 0.2) is 164 Å². The highest BCUT2D eigenvalue weighted by molar-refractivity contribution is 8.00. The summed E-state index contributed by atoms with van der Waals surface area (Å²) in [7, 11) is 0. The van der Waals surface area contributed by atoms with Gasteiger partial charge in [-0.25, -0.2) is 14.4 Å². The van der Waals surface area contributed by atoms with Crippen molar-refractivity contribution >= 4 is 29.7 Å². The third-order valence-corrected chi connectivity index (χ3v) is 10.1. The molecule has 1 aliphatic heterocycles. The summed E-state index contributed by atoms with van der Waals surface area (Å²) in [6.07, 6.45) is -1.60. The van der Waals surface area contributed by atoms with E-state index in [1.54, 1.807) is 36.4 Å². The average molecular weight is 691 g/mol. The molecule has 7 heteroatoms. The Hall–Kier alpha value is -5.92. The summed E-state index contributed by atoms with van der Waals surface area (Å²) in [4.78, 5) is 39.9. The van der Waals surface area contributed by atoms with Crippen LogP contribution in [0, 0.1) is 0 Å². The second-order valence-electron chi connectivity index (χ2n) is 12.1. The summed E-state index contributed by atoms with van der Waals surface area (Å²) < 4.78 is 17.8. The maximum atomic E-state index is 13.5. The van der Waals surface area contributed by atoms with Gasteiger partial charge in [-0.3, -0.25) is 0 Å². The molecule has 7 rings (SSSR count). The number of rotatable bonds is 10. The summed E-state index contributed by atoms with van der Waals surface area (Å²) >= 11 is 1.44. The Morgan fingerprint density at radius 2 is 0.804 bits per heavy atom. The fourth-order valence-corrected chi connectivity index (χ4v) is 7.25. The Morgan fingerprint density at radius 1 is 0.451 bits per heavy atom. The van der Waals surface area contributed by atoms with Crippen LogP contribution in [-0.4, -0.2) is 47.7 Å². The summed E-state index contributed by atoms with van der Waals surface area (Å²) in [6, 6.07) is 51.3. The molecular formula is C44H34O6S. The zero-order valence-electron chi connectivity index (χ0n) is 27.6. The van der Waals surface area contributed by atoms with Gasteiger partial charge in [-0.15, -0.1) is 11.8 Å². The van der Waals surface area contributed by atoms with Crippen LogP contribution in [0.3, 0.4) is 0 Å². The van der Waals surface area contributed by atoms with E-state index in [1.807, 2.05) is 127 Å². The fourth-order valence-electron chi connectivity index (χ4n) is 5.97. The normalized spacial score (nSPS) is 16.6. The number of hydrogen-bond donors (Lipinski definition) is 0. The Kier molecular flexibility index (Phi) is 10.4. The number of carbonyl (C=O) groups excluding carboxylic acids is 3. The maximum Gasteiger partial charge on any atom is 0.338 e. The molecule has 0 amide bonds. The van der Waals surface area contributed by atoms with Gasteiger partial charge >= 0.3 is 17.9 Å². The van der Waals surface area contributed by atoms with Gasteiger partial charge in [0.05, 0.1) is 21.9 Å². The average Bonchev–Trinajstić information content (AvgIpc) is 3.57. The Morgan fingerprint density at radius 3 is 1.22 bits per heavy atom. The number of benzene rings is 6. The van der Waals surface area contributed by atoms with Gasteiger partial charge in [0.2, 0.25) is 0 Å². The van der Waals surface area contributed by atoms with Gasteiger partial charge in [0.15, 0.2) is 6.10 Å². The van der Waals surface area contributed by atoms with E-state index in [4.69, 9.17) is 14.2 Å². The lowest BCUT2D eigenvalue weighted by atomic mass is 10.0. The van der Waals surface area contributed by atoms with Crippen LogP contribution >= 0.6 is 11.8 Å². The summed E-state index contributed by atoms with van der Waals surface area (Å²) in [6.45, 7) is -0.0331. The zero-order valence-corrected chi connectivity index (χ0v) is 28.4. The lowest BCUT2D eigenvalue weighted by molar-refractivity contribution is -0.0295. The van der Waals surface area contributed by atoms with Crippen LogP contribution in [0.1, 0.15) is 31.1 Å². The molecular weight excluding hydrogens is 657 g/mol. The van der Waals surface area contributed by atoms with Crippen molar-refractivity contribution in [1.29, 1.82) is 0 Å². The largest absolute Gasteiger partial charge is 0.461 e. The lowest BCUT2D eigenvalue weighted by Crippen LogP contribution is -2.39. The van der Waals surface area contributed by atoms with Crippen LogP contribution in [0.4, 0.5) is 0 Å². The monoisotopic (exact) mass is 690 g/mol. The smallest absolute Gasteiger partial charge is 0.338 e. The second kappa shape index (κ2) is 15.7. The molecule has 6 aromatic carbocycles. The highest BCUT2D eigenvalue weighted by atomic mass is 32.2. The molecule has 6 aromatic rings. The van der Waals surface area contributed by atoms with Crippen molar-refractivity contribution < 1.29 is 28.6 Å². The molecule has 1 unspecified atom stereocenters. The summed E-state index contributed by atoms with van der Waals surface area (Å²) in [5, 5.41) is -0.455. The quantitative estimate of drug-likeness (QED) is 0.105. The topological polar surface area (TPSA) is 78.9 Å². The highest BCUT2D eigenvalue weighted by Gasteiger charge is 2.43. The molecule has 0 aromatic heterocycles. The third kappa shape index (κ3) is 8.11. The molecule has 6 nitrogen and oxygen atoms in total. The molecule has 51 heavy (non-hydrogen) atoms. The van der Waals surface area contributed by atoms with Crippen molar-refractivity contribution in [3.8, 4) is 33.4 Å². The number of esters is 3. The first-order valence-electron chi connectivity index (χ1n) is 16.7. The van der Waals surface area contributed by atoms with E-state index in [2.05, 4.69) is 0 Å². The predicted molar refractivity (Wildman–Crippen MR) is 201 cm³/mol. The van der Waals surface area contributed by atoms with Gasteiger partial charge in [-0.1, -0.05) is 127 Å². The molecule has 0 aliphatic carbocycles. The van der Waals surface area contributed by atoms with Crippen LogP contribution in [0.2, 0.25) is 0 Å². The molecule has 0 spiro atoms. The molecule has 1 aliphatic rings. The Labute approximate surface area is 301 Å². The third-order valence-electron chi connectivity index (χ3n) is 8.77. The van der Waals surface area contributed by atoms with E-state index in [0.29, 0.717) is 22.4 Å². The fraction of sp³-hybridized carbons (Fsp3) is 0.114. The van der Waals surface area contributed by atoms with Crippen molar-refractivity contribution in [3.05, 3.63) is 180 Å². The highest BCUT2D eigenvalue weighted by Crippen LogP contribution is 2.34. The lowest BCUT2D eigenvalue weighted by Gasteiger charge is -2.24. The van der Waals surface area contributed by atoms with Gasteiger partial charge in [0.1, 0.15) is 12.7 Å². The summed E-state index contributed by atoms with van der Waals surface area (Å²) in [5.74, 6) is -1.20. The molecule has 1 saturated heterocycles. The maximum absolute atomic E-state index is 13.5. The zero-order chi connectivity index (χ0) is 35.0. The number of carbonyl (C=O) groups is 3. The van der Waals surface area contributed by atoms with E-state index in [0.717, 1.165) is 33.4 Å². The molecule has 252 valence electrons. The van der Waals surface area contributed by atoms with E-state index in [1.165, 1.54) is 11.8 Å². The van der Waals surface area contributed by atoms with Gasteiger partial charge < -0.3 is 14.2 Å². The van der Waals surface area contributed by atoms with E-state index < -0.39 is 35.4 Å². The number of ether oxygens (including phenoxy) is 3. The van der Waals surface area contributed by atoms with Crippen molar-refractivity contribution in [3.63, 3.8) is 0 Å². The van der Waals surface area contributed by atoms with E-state index >= 15 is 0 Å². The minimum Gasteiger partial charge on any atom is -0.461 e. The number of thioether (sulfide) groups is 1. The molecule has 1 fully saturated rings. The molecule has 0 N–H and O–H groups in total. The van der Waals surface area contributed by atoms with Gasteiger partial charge in [0.25, 0.3) is 0 Å². The van der Waals surface area contributed by atoms with Gasteiger partial charge in [0, 0.05) is 5.75 Å². The first-order chi connectivity index (χ1) is 25.0. The van der Waals surface area contributed by atoms with Crippen molar-refractivity contribution in [2.45, 2.75) is 17.5 Å². The predicted octanol–water partition coefficient (Wildman–Crippen LogP) is 9.41. The van der Waals surface area contributed by atoms with E-state index in [-0.39, 0.29) is 6.61 Å². The van der Waals surface area contributed by atoms with Crippen LogP contribution in [0.5, 0.6) is 0 Å². The second-order valence-corrected chi connectivity index (χ2v) is 13.4. The molecule has 0 radical (unpaired) electrons. The minimum absolute atomic E-state index is 0.0331. The van der Waals surface area contributed by atoms with E-state index in [9.17, 15) is 14.4 Å². The molecule has 1 heterocycles. The minimum atomic E-state index is -0.850. The molecule has 3 atom stereocenters. The first kappa shape index (κ1) is 33.6. The molecule has 0 bridgehead atoms. The van der Waals surface area contributed by atoms with Gasteiger partial charge in [-0.05, 0) is 69.8 Å². The number of hydrogen-bond acceptors (Lipinski definition) is 7. The van der Waals surface area contributed by atoms with Crippen LogP contribution < -0.4 is 0 Å². The van der Waals surface area contributed by atoms with Crippen LogP contribution in [-0.2, 0) is 14.2 Å². The SMILES string of the molecule is O=C(OC[C@H]1SCC(OC(=O)c2ccc(-c3ccccc3)cc2)[C@H]1OC(=O)c1ccc(-c2ccccc2)cc1)c1ccc(-c2ccccc2)cc1. The standard InChI is InChI=1S/C44H34O6S/c45-42(36-22-16-33(17-23-36)30-10-4-1-5-11-30)48-28-40-41(50-44(47)38-26-20-35(21-27-38)32-14-8-3-9-15-32)39(29-51-40)49-43(46)37-24-18-34(19-25-37)31-12-6-2-7-13-31/h1-27,39-41H,28-29H2/t39?,40-,41-/m1/s1. The first-order valence-corrected chi connectivity index (χ1v) is 17.7. The summed E-state index contributed by atoms with van der Waals surface area (Å²) in [5.41, 5.74) is 7.21. The van der Waals surface area contributed by atoms with Crippen molar-refractivity contribution in [2.75, 3.05) is 12.4 Å².